The Labute approximate surface area is 146 Å². The summed E-state index contributed by atoms with van der Waals surface area (Å²) in [6.07, 6.45) is -3.83. The highest BCUT2D eigenvalue weighted by Crippen LogP contribution is 2.27. The molecule has 2 heterocycles. The summed E-state index contributed by atoms with van der Waals surface area (Å²) in [6.45, 7) is 2.97. The van der Waals surface area contributed by atoms with Crippen molar-refractivity contribution in [2.45, 2.75) is 6.18 Å². The van der Waals surface area contributed by atoms with Crippen molar-refractivity contribution in [1.82, 2.24) is 13.9 Å². The van der Waals surface area contributed by atoms with Crippen molar-refractivity contribution in [3.8, 4) is 5.82 Å². The van der Waals surface area contributed by atoms with E-state index >= 15 is 0 Å². The van der Waals surface area contributed by atoms with Gasteiger partial charge in [-0.3, -0.25) is 14.2 Å². The molecule has 0 unspecified atom stereocenters. The fourth-order valence-electron chi connectivity index (χ4n) is 2.06. The van der Waals surface area contributed by atoms with Gasteiger partial charge in [-0.2, -0.15) is 13.2 Å². The Kier molecular flexibility index (Phi) is 5.12. The van der Waals surface area contributed by atoms with Gasteiger partial charge in [0.15, 0.2) is 5.82 Å². The van der Waals surface area contributed by atoms with Crippen LogP contribution in [0.15, 0.2) is 39.2 Å². The van der Waals surface area contributed by atoms with E-state index in [1.54, 1.807) is 0 Å². The monoisotopic (exact) mass is 395 g/mol. The van der Waals surface area contributed by atoms with E-state index in [0.717, 1.165) is 7.05 Å². The molecule has 0 radical (unpaired) electrons. The molecule has 2 rings (SSSR count). The molecular formula is C14H10ClF4N3O4. The number of aromatic nitrogens is 3. The summed E-state index contributed by atoms with van der Waals surface area (Å²) >= 11 is 5.55. The van der Waals surface area contributed by atoms with Crippen LogP contribution in [0, 0.1) is 5.82 Å². The number of hydrogen-bond donors (Lipinski definition) is 0. The quantitative estimate of drug-likeness (QED) is 0.574. The first-order valence-electron chi connectivity index (χ1n) is 6.76. The lowest BCUT2D eigenvalue weighted by Gasteiger charge is -2.17. The van der Waals surface area contributed by atoms with Crippen LogP contribution in [-0.4, -0.2) is 20.5 Å². The predicted molar refractivity (Wildman–Crippen MR) is 83.2 cm³/mol. The third-order valence-corrected chi connectivity index (χ3v) is 3.46. The molecule has 0 bridgehead atoms. The minimum atomic E-state index is -5.00. The molecule has 0 fully saturated rings. The van der Waals surface area contributed by atoms with Crippen LogP contribution < -0.4 is 21.6 Å². The third kappa shape index (κ3) is 3.29. The Morgan fingerprint density at radius 2 is 1.88 bits per heavy atom. The Morgan fingerprint density at radius 3 is 2.42 bits per heavy atom. The maximum absolute atomic E-state index is 14.4. The number of nitrogens with zero attached hydrogens (tertiary/aromatic N) is 3. The summed E-state index contributed by atoms with van der Waals surface area (Å²) in [5.41, 5.74) is -5.73. The van der Waals surface area contributed by atoms with Crippen LogP contribution in [-0.2, 0) is 13.2 Å². The molecule has 0 saturated heterocycles. The van der Waals surface area contributed by atoms with Gasteiger partial charge in [0.25, 0.3) is 5.56 Å². The molecule has 12 heteroatoms. The van der Waals surface area contributed by atoms with Gasteiger partial charge in [0.05, 0.1) is 0 Å². The van der Waals surface area contributed by atoms with Gasteiger partial charge in [-0.05, 0) is 0 Å². The van der Waals surface area contributed by atoms with Gasteiger partial charge in [-0.25, -0.2) is 13.8 Å². The first-order chi connectivity index (χ1) is 12.0. The Hall–Kier alpha value is -2.82. The smallest absolute Gasteiger partial charge is 0.404 e. The predicted octanol–water partition coefficient (Wildman–Crippen LogP) is 1.12. The zero-order chi connectivity index (χ0) is 19.8. The van der Waals surface area contributed by atoms with Crippen molar-refractivity contribution in [2.24, 2.45) is 7.05 Å². The first-order valence-corrected chi connectivity index (χ1v) is 7.14. The standard InChI is InChI=1S/C14H10ClF4N3O4/c1-3-4-26-22-11(8(16)5-7(15)12(22)24)21-10(23)6-9(14(17,18)19)20(2)13(21)25/h3,5-6H,1,4H2,2H3. The lowest BCUT2D eigenvalue weighted by molar-refractivity contribution is -0.144. The SMILES string of the molecule is C=CCOn1c(-n2c(=O)cc(C(F)(F)F)n(C)c2=O)c(F)cc(Cl)c1=O. The van der Waals surface area contributed by atoms with E-state index in [1.807, 2.05) is 0 Å². The maximum atomic E-state index is 14.4. The van der Waals surface area contributed by atoms with Crippen LogP contribution >= 0.6 is 11.6 Å². The fraction of sp³-hybridized carbons (Fsp3) is 0.214. The molecule has 0 aliphatic heterocycles. The molecule has 0 aromatic carbocycles. The van der Waals surface area contributed by atoms with E-state index in [4.69, 9.17) is 16.4 Å². The van der Waals surface area contributed by atoms with Crippen molar-refractivity contribution in [3.63, 3.8) is 0 Å². The van der Waals surface area contributed by atoms with Crippen LogP contribution in [0.4, 0.5) is 17.6 Å². The van der Waals surface area contributed by atoms with Crippen LogP contribution in [0.5, 0.6) is 0 Å². The van der Waals surface area contributed by atoms with Gasteiger partial charge in [-0.1, -0.05) is 24.3 Å². The number of pyridine rings is 1. The summed E-state index contributed by atoms with van der Waals surface area (Å²) in [5, 5.41) is -0.632. The third-order valence-electron chi connectivity index (χ3n) is 3.19. The van der Waals surface area contributed by atoms with E-state index in [1.165, 1.54) is 6.08 Å². The average Bonchev–Trinajstić information content (AvgIpc) is 2.53. The second kappa shape index (κ2) is 6.83. The van der Waals surface area contributed by atoms with E-state index in [2.05, 4.69) is 6.58 Å². The van der Waals surface area contributed by atoms with Gasteiger partial charge < -0.3 is 4.84 Å². The van der Waals surface area contributed by atoms with Gasteiger partial charge in [0, 0.05) is 19.2 Å². The van der Waals surface area contributed by atoms with Crippen LogP contribution in [0.2, 0.25) is 5.02 Å². The largest absolute Gasteiger partial charge is 0.431 e. The average molecular weight is 396 g/mol. The molecule has 2 aromatic heterocycles. The summed E-state index contributed by atoms with van der Waals surface area (Å²) in [4.78, 5) is 41.3. The summed E-state index contributed by atoms with van der Waals surface area (Å²) < 4.78 is 53.4. The second-order valence-corrected chi connectivity index (χ2v) is 5.30. The molecular weight excluding hydrogens is 386 g/mol. The van der Waals surface area contributed by atoms with E-state index < -0.39 is 45.3 Å². The van der Waals surface area contributed by atoms with Crippen molar-refractivity contribution < 1.29 is 22.4 Å². The minimum Gasteiger partial charge on any atom is -0.404 e. The zero-order valence-corrected chi connectivity index (χ0v) is 13.8. The van der Waals surface area contributed by atoms with Crippen LogP contribution in [0.25, 0.3) is 5.82 Å². The van der Waals surface area contributed by atoms with E-state index in [0.29, 0.717) is 6.07 Å². The topological polar surface area (TPSA) is 75.2 Å². The van der Waals surface area contributed by atoms with Crippen molar-refractivity contribution in [1.29, 1.82) is 0 Å². The zero-order valence-electron chi connectivity index (χ0n) is 13.0. The number of alkyl halides is 3. The van der Waals surface area contributed by atoms with Crippen LogP contribution in [0.1, 0.15) is 5.69 Å². The molecule has 26 heavy (non-hydrogen) atoms. The fourth-order valence-corrected chi connectivity index (χ4v) is 2.24. The van der Waals surface area contributed by atoms with Crippen LogP contribution in [0.3, 0.4) is 0 Å². The molecule has 0 aliphatic rings. The second-order valence-electron chi connectivity index (χ2n) is 4.89. The van der Waals surface area contributed by atoms with Crippen molar-refractivity contribution >= 4 is 11.6 Å². The highest BCUT2D eigenvalue weighted by molar-refractivity contribution is 6.30. The number of halogens is 5. The Balaban J connectivity index is 2.94. The molecule has 7 nitrogen and oxygen atoms in total. The maximum Gasteiger partial charge on any atom is 0.431 e. The number of hydrogen-bond acceptors (Lipinski definition) is 4. The van der Waals surface area contributed by atoms with Crippen molar-refractivity contribution in [2.75, 3.05) is 6.61 Å². The number of rotatable bonds is 4. The Bertz CT molecular complexity index is 1050. The van der Waals surface area contributed by atoms with Gasteiger partial charge in [0.1, 0.15) is 17.3 Å². The molecule has 0 aliphatic carbocycles. The normalized spacial score (nSPS) is 11.5. The molecule has 0 spiro atoms. The van der Waals surface area contributed by atoms with Crippen molar-refractivity contribution in [3.05, 3.63) is 72.5 Å². The Morgan fingerprint density at radius 1 is 1.27 bits per heavy atom. The molecule has 140 valence electrons. The molecule has 2 aromatic rings. The highest BCUT2D eigenvalue weighted by atomic mass is 35.5. The molecule has 0 amide bonds. The molecule has 0 N–H and O–H groups in total. The van der Waals surface area contributed by atoms with Gasteiger partial charge >= 0.3 is 17.4 Å². The first kappa shape index (κ1) is 19.5. The lowest BCUT2D eigenvalue weighted by atomic mass is 10.3. The summed E-state index contributed by atoms with van der Waals surface area (Å²) in [7, 11) is 0.738. The molecule has 0 atom stereocenters. The summed E-state index contributed by atoms with van der Waals surface area (Å²) in [5.74, 6) is -2.35. The molecule has 0 saturated carbocycles. The summed E-state index contributed by atoms with van der Waals surface area (Å²) in [6, 6.07) is 0.605. The van der Waals surface area contributed by atoms with E-state index in [-0.39, 0.29) is 26.5 Å². The van der Waals surface area contributed by atoms with Gasteiger partial charge in [0.2, 0.25) is 5.82 Å². The van der Waals surface area contributed by atoms with E-state index in [9.17, 15) is 31.9 Å². The van der Waals surface area contributed by atoms with Gasteiger partial charge in [-0.15, -0.1) is 4.73 Å². The minimum absolute atomic E-state index is 0.0331. The highest BCUT2D eigenvalue weighted by Gasteiger charge is 2.35. The lowest BCUT2D eigenvalue weighted by Crippen LogP contribution is -2.44.